The Bertz CT molecular complexity index is 478. The molecular weight excluding hydrogens is 224 g/mol. The Kier molecular flexibility index (Phi) is 4.03. The highest BCUT2D eigenvalue weighted by Gasteiger charge is 2.24. The van der Waals surface area contributed by atoms with Crippen LogP contribution in [-0.2, 0) is 4.79 Å². The van der Waals surface area contributed by atoms with Crippen LogP contribution in [-0.4, -0.2) is 28.0 Å². The number of pyridine rings is 1. The molecule has 17 heavy (non-hydrogen) atoms. The van der Waals surface area contributed by atoms with E-state index in [-0.39, 0.29) is 11.6 Å². The fourth-order valence-corrected chi connectivity index (χ4v) is 1.31. The van der Waals surface area contributed by atoms with Gasteiger partial charge in [-0.3, -0.25) is 9.59 Å². The van der Waals surface area contributed by atoms with Gasteiger partial charge in [0, 0.05) is 6.07 Å². The molecule has 0 radical (unpaired) electrons. The minimum Gasteiger partial charge on any atom is -0.480 e. The molecule has 1 heterocycles. The van der Waals surface area contributed by atoms with Gasteiger partial charge in [0.05, 0.1) is 0 Å². The molecule has 0 aliphatic rings. The topological polar surface area (TPSA) is 99.3 Å². The zero-order valence-corrected chi connectivity index (χ0v) is 9.56. The van der Waals surface area contributed by atoms with Crippen LogP contribution in [0.3, 0.4) is 0 Å². The number of carbonyl (C=O) groups is 2. The maximum Gasteiger partial charge on any atom is 0.326 e. The molecule has 1 aromatic heterocycles. The first kappa shape index (κ1) is 13.0. The van der Waals surface area contributed by atoms with E-state index in [1.54, 1.807) is 13.8 Å². The van der Waals surface area contributed by atoms with E-state index in [1.165, 1.54) is 18.2 Å². The van der Waals surface area contributed by atoms with Crippen LogP contribution in [0.2, 0.25) is 0 Å². The number of nitrogens with one attached hydrogen (secondary N) is 2. The molecule has 1 rings (SSSR count). The Morgan fingerprint density at radius 2 is 2.00 bits per heavy atom. The van der Waals surface area contributed by atoms with Gasteiger partial charge in [-0.2, -0.15) is 0 Å². The van der Waals surface area contributed by atoms with E-state index in [0.717, 1.165) is 0 Å². The lowest BCUT2D eigenvalue weighted by molar-refractivity contribution is -0.140. The van der Waals surface area contributed by atoms with Crippen LogP contribution < -0.4 is 10.9 Å². The summed E-state index contributed by atoms with van der Waals surface area (Å²) in [4.78, 5) is 35.9. The fraction of sp³-hybridized carbons (Fsp3) is 0.364. The lowest BCUT2D eigenvalue weighted by atomic mass is 10.0. The number of aliphatic carboxylic acids is 1. The third-order valence-electron chi connectivity index (χ3n) is 2.23. The number of carbonyl (C=O) groups excluding carboxylic acids is 1. The summed E-state index contributed by atoms with van der Waals surface area (Å²) in [5, 5.41) is 11.3. The quantitative estimate of drug-likeness (QED) is 0.698. The van der Waals surface area contributed by atoms with E-state index < -0.39 is 23.5 Å². The average molecular weight is 238 g/mol. The molecule has 1 aromatic rings. The zero-order chi connectivity index (χ0) is 13.0. The largest absolute Gasteiger partial charge is 0.480 e. The van der Waals surface area contributed by atoms with Crippen molar-refractivity contribution < 1.29 is 14.7 Å². The maximum absolute atomic E-state index is 11.7. The summed E-state index contributed by atoms with van der Waals surface area (Å²) in [5.74, 6) is -1.96. The number of carboxylic acid groups (broad SMARTS) is 1. The SMILES string of the molecule is CC(C)C(NC(=O)c1cccc(=O)[nH]1)C(=O)O. The third kappa shape index (κ3) is 3.44. The molecule has 0 aliphatic heterocycles. The summed E-state index contributed by atoms with van der Waals surface area (Å²) in [6, 6.07) is 3.13. The summed E-state index contributed by atoms with van der Waals surface area (Å²) >= 11 is 0. The predicted molar refractivity (Wildman–Crippen MR) is 60.8 cm³/mol. The minimum atomic E-state index is -1.10. The standard InChI is InChI=1S/C11H14N2O4/c1-6(2)9(11(16)17)13-10(15)7-4-3-5-8(14)12-7/h3-6,9H,1-2H3,(H,12,14)(H,13,15)(H,16,17). The van der Waals surface area contributed by atoms with Gasteiger partial charge in [0.2, 0.25) is 5.56 Å². The fourth-order valence-electron chi connectivity index (χ4n) is 1.31. The number of aromatic amines is 1. The molecule has 1 atom stereocenters. The van der Waals surface area contributed by atoms with E-state index in [1.807, 2.05) is 0 Å². The first-order valence-electron chi connectivity index (χ1n) is 5.15. The van der Waals surface area contributed by atoms with Gasteiger partial charge in [-0.15, -0.1) is 0 Å². The number of rotatable bonds is 4. The van der Waals surface area contributed by atoms with Crippen LogP contribution in [0.5, 0.6) is 0 Å². The molecular formula is C11H14N2O4. The van der Waals surface area contributed by atoms with E-state index in [4.69, 9.17) is 5.11 Å². The van der Waals surface area contributed by atoms with Crippen molar-refractivity contribution >= 4 is 11.9 Å². The number of hydrogen-bond acceptors (Lipinski definition) is 3. The second-order valence-electron chi connectivity index (χ2n) is 3.96. The van der Waals surface area contributed by atoms with Crippen molar-refractivity contribution in [1.29, 1.82) is 0 Å². The van der Waals surface area contributed by atoms with Crippen LogP contribution in [0.1, 0.15) is 24.3 Å². The van der Waals surface area contributed by atoms with Gasteiger partial charge in [0.15, 0.2) is 0 Å². The molecule has 0 aliphatic carbocycles. The Morgan fingerprint density at radius 1 is 1.35 bits per heavy atom. The van der Waals surface area contributed by atoms with Gasteiger partial charge in [0.1, 0.15) is 11.7 Å². The number of H-pyrrole nitrogens is 1. The molecule has 6 nitrogen and oxygen atoms in total. The Hall–Kier alpha value is -2.11. The highest BCUT2D eigenvalue weighted by Crippen LogP contribution is 2.03. The van der Waals surface area contributed by atoms with Crippen molar-refractivity contribution in [2.45, 2.75) is 19.9 Å². The van der Waals surface area contributed by atoms with Gasteiger partial charge in [-0.1, -0.05) is 19.9 Å². The summed E-state index contributed by atoms with van der Waals surface area (Å²) in [7, 11) is 0. The molecule has 3 N–H and O–H groups in total. The molecule has 0 saturated carbocycles. The van der Waals surface area contributed by atoms with Gasteiger partial charge < -0.3 is 15.4 Å². The van der Waals surface area contributed by atoms with Crippen molar-refractivity contribution in [3.63, 3.8) is 0 Å². The minimum absolute atomic E-state index is 0.0457. The molecule has 1 unspecified atom stereocenters. The second-order valence-corrected chi connectivity index (χ2v) is 3.96. The second kappa shape index (κ2) is 5.29. The van der Waals surface area contributed by atoms with Crippen LogP contribution >= 0.6 is 0 Å². The highest BCUT2D eigenvalue weighted by molar-refractivity contribution is 5.94. The predicted octanol–water partition coefficient (Wildman–Crippen LogP) is 0.214. The van der Waals surface area contributed by atoms with Gasteiger partial charge >= 0.3 is 5.97 Å². The van der Waals surface area contributed by atoms with Crippen molar-refractivity contribution in [2.24, 2.45) is 5.92 Å². The molecule has 0 fully saturated rings. The van der Waals surface area contributed by atoms with E-state index in [2.05, 4.69) is 10.3 Å². The summed E-state index contributed by atoms with van der Waals surface area (Å²) in [6.07, 6.45) is 0. The lowest BCUT2D eigenvalue weighted by Gasteiger charge is -2.17. The first-order chi connectivity index (χ1) is 7.91. The smallest absolute Gasteiger partial charge is 0.326 e. The number of amides is 1. The molecule has 0 bridgehead atoms. The van der Waals surface area contributed by atoms with Crippen LogP contribution in [0.15, 0.2) is 23.0 Å². The summed E-state index contributed by atoms with van der Waals surface area (Å²) in [6.45, 7) is 3.37. The monoisotopic (exact) mass is 238 g/mol. The van der Waals surface area contributed by atoms with Crippen molar-refractivity contribution in [1.82, 2.24) is 10.3 Å². The third-order valence-corrected chi connectivity index (χ3v) is 2.23. The Balaban J connectivity index is 2.85. The first-order valence-corrected chi connectivity index (χ1v) is 5.15. The maximum atomic E-state index is 11.7. The van der Waals surface area contributed by atoms with Crippen LogP contribution in [0.4, 0.5) is 0 Å². The number of aromatic nitrogens is 1. The molecule has 0 spiro atoms. The van der Waals surface area contributed by atoms with Crippen LogP contribution in [0, 0.1) is 5.92 Å². The average Bonchev–Trinajstić information content (AvgIpc) is 2.24. The van der Waals surface area contributed by atoms with Crippen molar-refractivity contribution in [3.8, 4) is 0 Å². The van der Waals surface area contributed by atoms with Gasteiger partial charge in [-0.05, 0) is 12.0 Å². The molecule has 0 saturated heterocycles. The molecule has 0 aromatic carbocycles. The van der Waals surface area contributed by atoms with Crippen molar-refractivity contribution in [2.75, 3.05) is 0 Å². The number of carboxylic acids is 1. The summed E-state index contributed by atoms with van der Waals surface area (Å²) < 4.78 is 0. The normalized spacial score (nSPS) is 12.2. The molecule has 92 valence electrons. The zero-order valence-electron chi connectivity index (χ0n) is 9.56. The Labute approximate surface area is 97.7 Å². The Morgan fingerprint density at radius 3 is 2.47 bits per heavy atom. The van der Waals surface area contributed by atoms with Crippen LogP contribution in [0.25, 0.3) is 0 Å². The molecule has 6 heteroatoms. The lowest BCUT2D eigenvalue weighted by Crippen LogP contribution is -2.44. The van der Waals surface area contributed by atoms with E-state index in [9.17, 15) is 14.4 Å². The van der Waals surface area contributed by atoms with E-state index >= 15 is 0 Å². The highest BCUT2D eigenvalue weighted by atomic mass is 16.4. The summed E-state index contributed by atoms with van der Waals surface area (Å²) in [5.41, 5.74) is -0.363. The molecule has 1 amide bonds. The number of hydrogen-bond donors (Lipinski definition) is 3. The van der Waals surface area contributed by atoms with Gasteiger partial charge in [0.25, 0.3) is 5.91 Å². The van der Waals surface area contributed by atoms with E-state index in [0.29, 0.717) is 0 Å². The van der Waals surface area contributed by atoms with Gasteiger partial charge in [-0.25, -0.2) is 4.79 Å². The van der Waals surface area contributed by atoms with Crippen molar-refractivity contribution in [3.05, 3.63) is 34.2 Å².